The van der Waals surface area contributed by atoms with Crippen molar-refractivity contribution in [3.05, 3.63) is 24.3 Å². The number of piperidine rings is 1. The van der Waals surface area contributed by atoms with Crippen LogP contribution in [0.15, 0.2) is 24.3 Å². The van der Waals surface area contributed by atoms with Gasteiger partial charge in [-0.25, -0.2) is 4.90 Å². The maximum absolute atomic E-state index is 12.9. The average molecular weight is 273 g/mol. The van der Waals surface area contributed by atoms with Crippen molar-refractivity contribution in [1.82, 2.24) is 0 Å². The monoisotopic (exact) mass is 273 g/mol. The molecule has 0 aromatic heterocycles. The maximum Gasteiger partial charge on any atom is 0.240 e. The van der Waals surface area contributed by atoms with Gasteiger partial charge in [-0.2, -0.15) is 0 Å². The van der Waals surface area contributed by atoms with Gasteiger partial charge in [0.2, 0.25) is 11.8 Å². The predicted octanol–water partition coefficient (Wildman–Crippen LogP) is 2.71. The molecule has 2 atom stereocenters. The van der Waals surface area contributed by atoms with E-state index in [0.717, 1.165) is 12.8 Å². The fourth-order valence-electron chi connectivity index (χ4n) is 3.70. The Balaban J connectivity index is 2.15. The van der Waals surface area contributed by atoms with Gasteiger partial charge in [0, 0.05) is 5.92 Å². The van der Waals surface area contributed by atoms with Gasteiger partial charge in [0.25, 0.3) is 0 Å². The summed E-state index contributed by atoms with van der Waals surface area (Å²) in [5.74, 6) is -0.569. The number of amides is 2. The van der Waals surface area contributed by atoms with E-state index in [1.165, 1.54) is 11.0 Å². The van der Waals surface area contributed by atoms with Crippen molar-refractivity contribution in [2.75, 3.05) is 4.90 Å². The summed E-state index contributed by atoms with van der Waals surface area (Å²) in [6.45, 7) is 5.94. The minimum atomic E-state index is -0.548. The van der Waals surface area contributed by atoms with Crippen molar-refractivity contribution < 1.29 is 14.7 Å². The van der Waals surface area contributed by atoms with Gasteiger partial charge in [-0.15, -0.1) is 0 Å². The molecule has 2 aliphatic rings. The Bertz CT molecular complexity index is 607. The third kappa shape index (κ3) is 1.37. The number of carbonyl (C=O) groups is 2. The largest absolute Gasteiger partial charge is 0.506 e. The summed E-state index contributed by atoms with van der Waals surface area (Å²) in [5.41, 5.74) is -0.577. The number of para-hydroxylation sites is 2. The molecule has 0 spiro atoms. The van der Waals surface area contributed by atoms with Gasteiger partial charge in [0.05, 0.1) is 11.1 Å². The Labute approximate surface area is 118 Å². The lowest BCUT2D eigenvalue weighted by molar-refractivity contribution is -0.146. The Morgan fingerprint density at radius 1 is 1.20 bits per heavy atom. The SMILES string of the molecule is CC1(C)[C@H]2CC[C@@]1(C)C(=O)N(c1ccccc1O)C2=O. The van der Waals surface area contributed by atoms with E-state index in [-0.39, 0.29) is 28.9 Å². The first-order valence-electron chi connectivity index (χ1n) is 6.97. The molecule has 4 heteroatoms. The van der Waals surface area contributed by atoms with E-state index >= 15 is 0 Å². The van der Waals surface area contributed by atoms with Crippen LogP contribution in [0.5, 0.6) is 5.75 Å². The third-order valence-corrected chi connectivity index (χ3v) is 5.54. The van der Waals surface area contributed by atoms with Crippen molar-refractivity contribution in [3.8, 4) is 5.75 Å². The highest BCUT2D eigenvalue weighted by Crippen LogP contribution is 2.60. The molecule has 1 heterocycles. The van der Waals surface area contributed by atoms with E-state index < -0.39 is 5.41 Å². The number of carbonyl (C=O) groups excluding carboxylic acids is 2. The topological polar surface area (TPSA) is 57.6 Å². The molecule has 1 aromatic carbocycles. The second-order valence-electron chi connectivity index (χ2n) is 6.61. The van der Waals surface area contributed by atoms with Crippen LogP contribution in [0.1, 0.15) is 33.6 Å². The molecular formula is C16H19NO3. The molecule has 1 aliphatic carbocycles. The molecule has 0 radical (unpaired) electrons. The number of rotatable bonds is 1. The minimum Gasteiger partial charge on any atom is -0.506 e. The van der Waals surface area contributed by atoms with E-state index in [1.54, 1.807) is 18.2 Å². The quantitative estimate of drug-likeness (QED) is 0.800. The number of phenolic OH excluding ortho intramolecular Hbond substituents is 1. The van der Waals surface area contributed by atoms with Crippen LogP contribution < -0.4 is 4.90 Å². The Morgan fingerprint density at radius 2 is 1.85 bits per heavy atom. The lowest BCUT2D eigenvalue weighted by atomic mass is 9.62. The molecule has 1 aromatic rings. The maximum atomic E-state index is 12.9. The third-order valence-electron chi connectivity index (χ3n) is 5.54. The van der Waals surface area contributed by atoms with E-state index in [9.17, 15) is 14.7 Å². The van der Waals surface area contributed by atoms with E-state index in [4.69, 9.17) is 0 Å². The highest BCUT2D eigenvalue weighted by atomic mass is 16.3. The van der Waals surface area contributed by atoms with Crippen LogP contribution in [-0.2, 0) is 9.59 Å². The summed E-state index contributed by atoms with van der Waals surface area (Å²) in [4.78, 5) is 26.8. The van der Waals surface area contributed by atoms with Gasteiger partial charge < -0.3 is 5.11 Å². The van der Waals surface area contributed by atoms with Crippen LogP contribution in [0.3, 0.4) is 0 Å². The molecule has 1 saturated heterocycles. The van der Waals surface area contributed by atoms with Gasteiger partial charge in [0.15, 0.2) is 0 Å². The standard InChI is InChI=1S/C16H19NO3/c1-15(2)10-8-9-16(15,3)14(20)17(13(10)19)11-6-4-5-7-12(11)18/h4-7,10,18H,8-9H2,1-3H3/t10-,16-/m0/s1. The first-order valence-corrected chi connectivity index (χ1v) is 6.97. The zero-order valence-corrected chi connectivity index (χ0v) is 12.0. The van der Waals surface area contributed by atoms with Crippen molar-refractivity contribution in [1.29, 1.82) is 0 Å². The van der Waals surface area contributed by atoms with Crippen molar-refractivity contribution in [3.63, 3.8) is 0 Å². The molecular weight excluding hydrogens is 254 g/mol. The van der Waals surface area contributed by atoms with Crippen molar-refractivity contribution >= 4 is 17.5 Å². The summed E-state index contributed by atoms with van der Waals surface area (Å²) in [5, 5.41) is 9.96. The van der Waals surface area contributed by atoms with Crippen LogP contribution in [0.25, 0.3) is 0 Å². The second kappa shape index (κ2) is 3.84. The van der Waals surface area contributed by atoms with Gasteiger partial charge in [-0.1, -0.05) is 32.9 Å². The van der Waals surface area contributed by atoms with E-state index in [0.29, 0.717) is 5.69 Å². The van der Waals surface area contributed by atoms with Gasteiger partial charge in [-0.05, 0) is 30.4 Å². The molecule has 2 fully saturated rings. The smallest absolute Gasteiger partial charge is 0.240 e. The average Bonchev–Trinajstić information content (AvgIpc) is 2.57. The number of aromatic hydroxyl groups is 1. The summed E-state index contributed by atoms with van der Waals surface area (Å²) in [6.07, 6.45) is 1.46. The number of imide groups is 1. The molecule has 20 heavy (non-hydrogen) atoms. The van der Waals surface area contributed by atoms with Crippen LogP contribution >= 0.6 is 0 Å². The molecule has 106 valence electrons. The molecule has 0 unspecified atom stereocenters. The predicted molar refractivity (Wildman–Crippen MR) is 75.2 cm³/mol. The van der Waals surface area contributed by atoms with E-state index in [2.05, 4.69) is 0 Å². The first kappa shape index (κ1) is 13.2. The number of phenols is 1. The molecule has 2 bridgehead atoms. The van der Waals surface area contributed by atoms with Crippen molar-refractivity contribution in [2.24, 2.45) is 16.7 Å². The summed E-state index contributed by atoms with van der Waals surface area (Å²) in [6, 6.07) is 6.52. The zero-order chi connectivity index (χ0) is 14.7. The normalized spacial score (nSPS) is 31.8. The fourth-order valence-corrected chi connectivity index (χ4v) is 3.70. The van der Waals surface area contributed by atoms with Gasteiger partial charge in [-0.3, -0.25) is 9.59 Å². The molecule has 4 nitrogen and oxygen atoms in total. The van der Waals surface area contributed by atoms with Crippen LogP contribution in [0.2, 0.25) is 0 Å². The number of nitrogens with zero attached hydrogens (tertiary/aromatic N) is 1. The fraction of sp³-hybridized carbons (Fsp3) is 0.500. The second-order valence-corrected chi connectivity index (χ2v) is 6.61. The number of benzene rings is 1. The molecule has 1 N–H and O–H groups in total. The Kier molecular flexibility index (Phi) is 2.53. The van der Waals surface area contributed by atoms with E-state index in [1.807, 2.05) is 20.8 Å². The first-order chi connectivity index (χ1) is 9.30. The number of fused-ring (bicyclic) bond motifs is 2. The number of anilines is 1. The highest BCUT2D eigenvalue weighted by molar-refractivity contribution is 6.21. The number of hydrogen-bond donors (Lipinski definition) is 1. The van der Waals surface area contributed by atoms with Crippen molar-refractivity contribution in [2.45, 2.75) is 33.6 Å². The Morgan fingerprint density at radius 3 is 2.50 bits per heavy atom. The van der Waals surface area contributed by atoms with Crippen LogP contribution in [0.4, 0.5) is 5.69 Å². The minimum absolute atomic E-state index is 0.0306. The molecule has 2 amide bonds. The lowest BCUT2D eigenvalue weighted by Gasteiger charge is -2.47. The molecule has 1 aliphatic heterocycles. The van der Waals surface area contributed by atoms with Gasteiger partial charge in [0.1, 0.15) is 5.75 Å². The van der Waals surface area contributed by atoms with Crippen LogP contribution in [-0.4, -0.2) is 16.9 Å². The lowest BCUT2D eigenvalue weighted by Crippen LogP contribution is -2.59. The summed E-state index contributed by atoms with van der Waals surface area (Å²) < 4.78 is 0. The summed E-state index contributed by atoms with van der Waals surface area (Å²) in [7, 11) is 0. The highest BCUT2D eigenvalue weighted by Gasteiger charge is 2.64. The molecule has 1 saturated carbocycles. The zero-order valence-electron chi connectivity index (χ0n) is 12.0. The summed E-state index contributed by atoms with van der Waals surface area (Å²) >= 11 is 0. The van der Waals surface area contributed by atoms with Crippen LogP contribution in [0, 0.1) is 16.7 Å². The van der Waals surface area contributed by atoms with Gasteiger partial charge >= 0.3 is 0 Å². The number of hydrogen-bond acceptors (Lipinski definition) is 3. The molecule has 3 rings (SSSR count). The Hall–Kier alpha value is -1.84.